The number of hydrogen-bond donors (Lipinski definition) is 3. The fourth-order valence-electron chi connectivity index (χ4n) is 2.08. The summed E-state index contributed by atoms with van der Waals surface area (Å²) in [5, 5.41) is 18.5. The quantitative estimate of drug-likeness (QED) is 0.513. The molecule has 0 saturated carbocycles. The minimum absolute atomic E-state index is 0.317. The SMILES string of the molecule is COC(=O)c1c(F)cc(NS(=O)(=O)c2ccccc2B(O)O)cc1F. The van der Waals surface area contributed by atoms with Crippen LogP contribution in [0.3, 0.4) is 0 Å². The molecule has 0 unspecified atom stereocenters. The smallest absolute Gasteiger partial charge is 0.465 e. The summed E-state index contributed by atoms with van der Waals surface area (Å²) < 4.78 is 58.6. The lowest BCUT2D eigenvalue weighted by atomic mass is 9.80. The number of esters is 1. The number of carbonyl (C=O) groups is 1. The van der Waals surface area contributed by atoms with Crippen LogP contribution in [-0.2, 0) is 14.8 Å². The molecule has 0 spiro atoms. The Kier molecular flexibility index (Phi) is 5.40. The van der Waals surface area contributed by atoms with Gasteiger partial charge in [0.2, 0.25) is 0 Å². The summed E-state index contributed by atoms with van der Waals surface area (Å²) >= 11 is 0. The molecule has 0 aromatic heterocycles. The summed E-state index contributed by atoms with van der Waals surface area (Å²) in [6, 6.07) is 6.18. The first-order chi connectivity index (χ1) is 11.7. The van der Waals surface area contributed by atoms with Crippen LogP contribution in [0.1, 0.15) is 10.4 Å². The fraction of sp³-hybridized carbons (Fsp3) is 0.0714. The molecule has 0 amide bonds. The van der Waals surface area contributed by atoms with E-state index in [9.17, 15) is 32.0 Å². The van der Waals surface area contributed by atoms with Gasteiger partial charge in [0.25, 0.3) is 10.0 Å². The molecule has 11 heteroatoms. The maximum Gasteiger partial charge on any atom is 0.489 e. The second-order valence-electron chi connectivity index (χ2n) is 4.82. The van der Waals surface area contributed by atoms with Gasteiger partial charge in [-0.25, -0.2) is 22.0 Å². The van der Waals surface area contributed by atoms with Gasteiger partial charge < -0.3 is 14.8 Å². The number of benzene rings is 2. The van der Waals surface area contributed by atoms with E-state index < -0.39 is 50.9 Å². The molecule has 0 atom stereocenters. The molecule has 0 aliphatic heterocycles. The van der Waals surface area contributed by atoms with Gasteiger partial charge in [-0.05, 0) is 18.2 Å². The minimum Gasteiger partial charge on any atom is -0.465 e. The van der Waals surface area contributed by atoms with E-state index >= 15 is 0 Å². The van der Waals surface area contributed by atoms with Crippen LogP contribution >= 0.6 is 0 Å². The third kappa shape index (κ3) is 3.95. The second-order valence-corrected chi connectivity index (χ2v) is 6.47. The number of sulfonamides is 1. The molecular weight excluding hydrogens is 359 g/mol. The lowest BCUT2D eigenvalue weighted by Crippen LogP contribution is -2.35. The number of methoxy groups -OCH3 is 1. The van der Waals surface area contributed by atoms with Crippen LogP contribution in [0.15, 0.2) is 41.3 Å². The van der Waals surface area contributed by atoms with Gasteiger partial charge in [0, 0.05) is 5.46 Å². The Morgan fingerprint density at radius 1 is 1.16 bits per heavy atom. The van der Waals surface area contributed by atoms with Crippen LogP contribution in [0.5, 0.6) is 0 Å². The monoisotopic (exact) mass is 371 g/mol. The topological polar surface area (TPSA) is 113 Å². The van der Waals surface area contributed by atoms with E-state index in [2.05, 4.69) is 4.74 Å². The van der Waals surface area contributed by atoms with E-state index in [1.165, 1.54) is 18.2 Å². The molecule has 0 aliphatic rings. The van der Waals surface area contributed by atoms with Crippen LogP contribution in [-0.4, -0.2) is 38.7 Å². The average Bonchev–Trinajstić information content (AvgIpc) is 2.53. The molecule has 25 heavy (non-hydrogen) atoms. The van der Waals surface area contributed by atoms with Crippen LogP contribution in [0.2, 0.25) is 0 Å². The van der Waals surface area contributed by atoms with Gasteiger partial charge in [0.1, 0.15) is 17.2 Å². The highest BCUT2D eigenvalue weighted by molar-refractivity contribution is 7.93. The van der Waals surface area contributed by atoms with E-state index in [1.807, 2.05) is 4.72 Å². The first kappa shape index (κ1) is 18.8. The number of anilines is 1. The van der Waals surface area contributed by atoms with E-state index in [4.69, 9.17) is 0 Å². The summed E-state index contributed by atoms with van der Waals surface area (Å²) in [6.45, 7) is 0. The summed E-state index contributed by atoms with van der Waals surface area (Å²) in [4.78, 5) is 10.8. The van der Waals surface area contributed by atoms with E-state index in [1.54, 1.807) is 0 Å². The van der Waals surface area contributed by atoms with E-state index in [-0.39, 0.29) is 5.46 Å². The van der Waals surface area contributed by atoms with Crippen molar-refractivity contribution in [3.8, 4) is 0 Å². The van der Waals surface area contributed by atoms with Crippen LogP contribution in [0.25, 0.3) is 0 Å². The van der Waals surface area contributed by atoms with Gasteiger partial charge in [0.05, 0.1) is 17.7 Å². The molecule has 0 bridgehead atoms. The summed E-state index contributed by atoms with van der Waals surface area (Å²) in [6.07, 6.45) is 0. The third-order valence-corrected chi connectivity index (χ3v) is 4.63. The fourth-order valence-corrected chi connectivity index (χ4v) is 3.36. The molecule has 0 aliphatic carbocycles. The zero-order valence-corrected chi connectivity index (χ0v) is 13.5. The van der Waals surface area contributed by atoms with Crippen molar-refractivity contribution in [2.24, 2.45) is 0 Å². The molecule has 2 aromatic carbocycles. The minimum atomic E-state index is -4.38. The lowest BCUT2D eigenvalue weighted by Gasteiger charge is -2.13. The van der Waals surface area contributed by atoms with Crippen molar-refractivity contribution in [2.75, 3.05) is 11.8 Å². The number of hydrogen-bond acceptors (Lipinski definition) is 6. The highest BCUT2D eigenvalue weighted by Gasteiger charge is 2.26. The molecule has 0 radical (unpaired) electrons. The van der Waals surface area contributed by atoms with Crippen molar-refractivity contribution in [3.05, 3.63) is 53.6 Å². The normalized spacial score (nSPS) is 11.1. The first-order valence-electron chi connectivity index (χ1n) is 6.72. The van der Waals surface area contributed by atoms with Crippen molar-refractivity contribution < 1.29 is 36.8 Å². The van der Waals surface area contributed by atoms with Crippen molar-refractivity contribution in [2.45, 2.75) is 4.90 Å². The molecule has 0 saturated heterocycles. The van der Waals surface area contributed by atoms with Gasteiger partial charge in [-0.3, -0.25) is 4.72 Å². The Balaban J connectivity index is 2.45. The summed E-state index contributed by atoms with van der Waals surface area (Å²) in [5.41, 5.74) is -1.77. The highest BCUT2D eigenvalue weighted by atomic mass is 32.2. The van der Waals surface area contributed by atoms with Crippen LogP contribution in [0, 0.1) is 11.6 Å². The maximum atomic E-state index is 13.9. The van der Waals surface area contributed by atoms with E-state index in [0.29, 0.717) is 12.1 Å². The zero-order valence-electron chi connectivity index (χ0n) is 12.7. The zero-order chi connectivity index (χ0) is 18.8. The Morgan fingerprint density at radius 3 is 2.24 bits per heavy atom. The van der Waals surface area contributed by atoms with Gasteiger partial charge >= 0.3 is 13.1 Å². The molecule has 2 aromatic rings. The maximum absolute atomic E-state index is 13.9. The number of nitrogens with one attached hydrogen (secondary N) is 1. The molecule has 0 fully saturated rings. The van der Waals surface area contributed by atoms with Gasteiger partial charge in [-0.15, -0.1) is 0 Å². The molecule has 0 heterocycles. The van der Waals surface area contributed by atoms with Crippen molar-refractivity contribution in [1.82, 2.24) is 0 Å². The Hall–Kier alpha value is -2.50. The van der Waals surface area contributed by atoms with Crippen molar-refractivity contribution in [3.63, 3.8) is 0 Å². The van der Waals surface area contributed by atoms with Gasteiger partial charge in [-0.1, -0.05) is 18.2 Å². The summed E-state index contributed by atoms with van der Waals surface area (Å²) in [7, 11) is -5.51. The largest absolute Gasteiger partial charge is 0.489 e. The molecule has 7 nitrogen and oxygen atoms in total. The third-order valence-electron chi connectivity index (χ3n) is 3.17. The molecule has 132 valence electrons. The van der Waals surface area contributed by atoms with Gasteiger partial charge in [0.15, 0.2) is 0 Å². The second kappa shape index (κ2) is 7.17. The van der Waals surface area contributed by atoms with E-state index in [0.717, 1.165) is 13.2 Å². The predicted molar refractivity (Wildman–Crippen MR) is 84.8 cm³/mol. The first-order valence-corrected chi connectivity index (χ1v) is 8.21. The van der Waals surface area contributed by atoms with Gasteiger partial charge in [-0.2, -0.15) is 0 Å². The number of ether oxygens (including phenoxy) is 1. The molecule has 3 N–H and O–H groups in total. The predicted octanol–water partition coefficient (Wildman–Crippen LogP) is 0.232. The summed E-state index contributed by atoms with van der Waals surface area (Å²) in [5.74, 6) is -3.89. The molecular formula is C14H12BF2NO6S. The Bertz CT molecular complexity index is 896. The molecule has 2 rings (SSSR count). The standard InChI is InChI=1S/C14H12BF2NO6S/c1-24-14(19)13-10(16)6-8(7-11(13)17)18-25(22,23)12-5-3-2-4-9(12)15(20)21/h2-7,18,20-21H,1H3. The Labute approximate surface area is 142 Å². The van der Waals surface area contributed by atoms with Crippen molar-refractivity contribution >= 4 is 34.3 Å². The number of rotatable bonds is 5. The van der Waals surface area contributed by atoms with Crippen LogP contribution < -0.4 is 10.2 Å². The van der Waals surface area contributed by atoms with Crippen molar-refractivity contribution in [1.29, 1.82) is 0 Å². The highest BCUT2D eigenvalue weighted by Crippen LogP contribution is 2.22. The lowest BCUT2D eigenvalue weighted by molar-refractivity contribution is 0.0590. The number of halogens is 2. The Morgan fingerprint density at radius 2 is 1.72 bits per heavy atom. The average molecular weight is 371 g/mol. The van der Waals surface area contributed by atoms with Crippen LogP contribution in [0.4, 0.5) is 14.5 Å². The number of carbonyl (C=O) groups excluding carboxylic acids is 1.